The van der Waals surface area contributed by atoms with E-state index in [0.717, 1.165) is 5.52 Å². The van der Waals surface area contributed by atoms with Crippen LogP contribution in [0.2, 0.25) is 0 Å². The summed E-state index contributed by atoms with van der Waals surface area (Å²) in [6.07, 6.45) is 1.96. The van der Waals surface area contributed by atoms with Crippen molar-refractivity contribution in [3.8, 4) is 11.1 Å². The summed E-state index contributed by atoms with van der Waals surface area (Å²) in [4.78, 5) is 4.62. The van der Waals surface area contributed by atoms with Crippen LogP contribution >= 0.6 is 0 Å². The minimum Gasteiger partial charge on any atom is -0.255 e. The second kappa shape index (κ2) is 4.26. The largest absolute Gasteiger partial charge is 0.255 e. The summed E-state index contributed by atoms with van der Waals surface area (Å²) in [5.41, 5.74) is 6.01. The van der Waals surface area contributed by atoms with E-state index in [-0.39, 0.29) is 0 Å². The zero-order chi connectivity index (χ0) is 12.5. The Labute approximate surface area is 107 Å². The Morgan fingerprint density at radius 3 is 2.28 bits per heavy atom. The van der Waals surface area contributed by atoms with Crippen molar-refractivity contribution in [2.24, 2.45) is 0 Å². The number of hydrogen-bond acceptors (Lipinski definition) is 1. The summed E-state index contributed by atoms with van der Waals surface area (Å²) in [6.45, 7) is 4.25. The van der Waals surface area contributed by atoms with Gasteiger partial charge < -0.3 is 0 Å². The molecule has 0 fully saturated rings. The van der Waals surface area contributed by atoms with Gasteiger partial charge in [-0.3, -0.25) is 4.98 Å². The Balaban J connectivity index is 2.26. The van der Waals surface area contributed by atoms with Crippen LogP contribution in [-0.2, 0) is 0 Å². The van der Waals surface area contributed by atoms with Gasteiger partial charge in [0.25, 0.3) is 0 Å². The van der Waals surface area contributed by atoms with E-state index in [1.807, 2.05) is 12.3 Å². The van der Waals surface area contributed by atoms with E-state index < -0.39 is 0 Å². The number of benzene rings is 2. The molecule has 0 amide bonds. The van der Waals surface area contributed by atoms with Gasteiger partial charge in [-0.1, -0.05) is 42.5 Å². The van der Waals surface area contributed by atoms with Crippen LogP contribution in [0.25, 0.3) is 22.0 Å². The molecule has 0 aliphatic rings. The molecule has 0 N–H and O–H groups in total. The molecule has 3 rings (SSSR count). The fraction of sp³-hybridized carbons (Fsp3) is 0.118. The average Bonchev–Trinajstić information content (AvgIpc) is 2.44. The molecular formula is C17H15N. The first-order chi connectivity index (χ1) is 8.75. The lowest BCUT2D eigenvalue weighted by atomic mass is 10.0. The lowest BCUT2D eigenvalue weighted by molar-refractivity contribution is 1.34. The number of hydrogen-bond donors (Lipinski definition) is 0. The van der Waals surface area contributed by atoms with Crippen molar-refractivity contribution in [3.63, 3.8) is 0 Å². The van der Waals surface area contributed by atoms with Crippen molar-refractivity contribution in [3.05, 3.63) is 65.9 Å². The normalized spacial score (nSPS) is 10.8. The van der Waals surface area contributed by atoms with Crippen LogP contribution in [0, 0.1) is 13.8 Å². The summed E-state index contributed by atoms with van der Waals surface area (Å²) in [5, 5.41) is 1.25. The highest BCUT2D eigenvalue weighted by Crippen LogP contribution is 2.26. The van der Waals surface area contributed by atoms with Gasteiger partial charge in [-0.2, -0.15) is 0 Å². The molecule has 0 aliphatic carbocycles. The topological polar surface area (TPSA) is 12.9 Å². The fourth-order valence-electron chi connectivity index (χ4n) is 2.29. The number of rotatable bonds is 1. The van der Waals surface area contributed by atoms with Crippen LogP contribution in [0.15, 0.2) is 54.7 Å². The van der Waals surface area contributed by atoms with Crippen molar-refractivity contribution < 1.29 is 0 Å². The van der Waals surface area contributed by atoms with Crippen molar-refractivity contribution in [2.45, 2.75) is 13.8 Å². The van der Waals surface area contributed by atoms with Crippen LogP contribution < -0.4 is 0 Å². The second-order valence-corrected chi connectivity index (χ2v) is 4.69. The average molecular weight is 233 g/mol. The molecule has 0 unspecified atom stereocenters. The lowest BCUT2D eigenvalue weighted by Crippen LogP contribution is -1.88. The van der Waals surface area contributed by atoms with Gasteiger partial charge >= 0.3 is 0 Å². The van der Waals surface area contributed by atoms with E-state index in [1.165, 1.54) is 27.6 Å². The molecule has 0 aliphatic heterocycles. The van der Waals surface area contributed by atoms with Crippen LogP contribution in [-0.4, -0.2) is 4.98 Å². The van der Waals surface area contributed by atoms with Crippen molar-refractivity contribution in [1.29, 1.82) is 0 Å². The standard InChI is InChI=1S/C17H15N/c1-12-8-9-13(2)17-16(12)10-15(11-18-17)14-6-4-3-5-7-14/h3-11H,1-2H3. The van der Waals surface area contributed by atoms with Gasteiger partial charge in [0.1, 0.15) is 0 Å². The number of aryl methyl sites for hydroxylation is 2. The molecule has 3 aromatic rings. The molecule has 0 atom stereocenters. The fourth-order valence-corrected chi connectivity index (χ4v) is 2.29. The highest BCUT2D eigenvalue weighted by atomic mass is 14.7. The summed E-state index contributed by atoms with van der Waals surface area (Å²) in [5.74, 6) is 0. The molecule has 88 valence electrons. The highest BCUT2D eigenvalue weighted by molar-refractivity contribution is 5.88. The number of pyridine rings is 1. The molecule has 0 spiro atoms. The van der Waals surface area contributed by atoms with Gasteiger partial charge in [0.05, 0.1) is 5.52 Å². The highest BCUT2D eigenvalue weighted by Gasteiger charge is 2.04. The molecular weight excluding hydrogens is 218 g/mol. The first kappa shape index (κ1) is 11.0. The predicted octanol–water partition coefficient (Wildman–Crippen LogP) is 4.52. The molecule has 1 nitrogen and oxygen atoms in total. The monoisotopic (exact) mass is 233 g/mol. The van der Waals surface area contributed by atoms with Gasteiger partial charge in [0, 0.05) is 17.1 Å². The Bertz CT molecular complexity index is 699. The van der Waals surface area contributed by atoms with Gasteiger partial charge in [-0.15, -0.1) is 0 Å². The summed E-state index contributed by atoms with van der Waals surface area (Å²) in [7, 11) is 0. The Kier molecular flexibility index (Phi) is 2.60. The zero-order valence-electron chi connectivity index (χ0n) is 10.6. The minimum atomic E-state index is 1.11. The van der Waals surface area contributed by atoms with E-state index in [2.05, 4.69) is 61.3 Å². The van der Waals surface area contributed by atoms with Gasteiger partial charge in [-0.25, -0.2) is 0 Å². The minimum absolute atomic E-state index is 1.11. The van der Waals surface area contributed by atoms with E-state index in [1.54, 1.807) is 0 Å². The van der Waals surface area contributed by atoms with Crippen LogP contribution in [0.4, 0.5) is 0 Å². The quantitative estimate of drug-likeness (QED) is 0.602. The molecule has 2 aromatic carbocycles. The summed E-state index contributed by atoms with van der Waals surface area (Å²) < 4.78 is 0. The predicted molar refractivity (Wildman–Crippen MR) is 76.7 cm³/mol. The second-order valence-electron chi connectivity index (χ2n) is 4.69. The lowest BCUT2D eigenvalue weighted by Gasteiger charge is -2.07. The Hall–Kier alpha value is -2.15. The molecule has 0 saturated heterocycles. The molecule has 1 heterocycles. The van der Waals surface area contributed by atoms with E-state index in [4.69, 9.17) is 0 Å². The molecule has 0 saturated carbocycles. The van der Waals surface area contributed by atoms with E-state index >= 15 is 0 Å². The Morgan fingerprint density at radius 1 is 0.778 bits per heavy atom. The molecule has 18 heavy (non-hydrogen) atoms. The number of fused-ring (bicyclic) bond motifs is 1. The van der Waals surface area contributed by atoms with E-state index in [0.29, 0.717) is 0 Å². The molecule has 1 aromatic heterocycles. The molecule has 0 bridgehead atoms. The third-order valence-corrected chi connectivity index (χ3v) is 3.38. The number of nitrogens with zero attached hydrogens (tertiary/aromatic N) is 1. The summed E-state index contributed by atoms with van der Waals surface area (Å²) in [6, 6.07) is 16.9. The third-order valence-electron chi connectivity index (χ3n) is 3.38. The Morgan fingerprint density at radius 2 is 1.50 bits per heavy atom. The van der Waals surface area contributed by atoms with Crippen LogP contribution in [0.3, 0.4) is 0 Å². The van der Waals surface area contributed by atoms with Crippen LogP contribution in [0.1, 0.15) is 11.1 Å². The SMILES string of the molecule is Cc1ccc(C)c2ncc(-c3ccccc3)cc12. The van der Waals surface area contributed by atoms with Crippen LogP contribution in [0.5, 0.6) is 0 Å². The van der Waals surface area contributed by atoms with Gasteiger partial charge in [0.2, 0.25) is 0 Å². The molecule has 0 radical (unpaired) electrons. The maximum Gasteiger partial charge on any atom is 0.0734 e. The zero-order valence-corrected chi connectivity index (χ0v) is 10.6. The van der Waals surface area contributed by atoms with Gasteiger partial charge in [0.15, 0.2) is 0 Å². The maximum absolute atomic E-state index is 4.62. The smallest absolute Gasteiger partial charge is 0.0734 e. The molecule has 1 heteroatoms. The van der Waals surface area contributed by atoms with Crippen molar-refractivity contribution in [2.75, 3.05) is 0 Å². The van der Waals surface area contributed by atoms with Crippen molar-refractivity contribution in [1.82, 2.24) is 4.98 Å². The van der Waals surface area contributed by atoms with E-state index in [9.17, 15) is 0 Å². The third kappa shape index (κ3) is 1.78. The first-order valence-corrected chi connectivity index (χ1v) is 6.17. The first-order valence-electron chi connectivity index (χ1n) is 6.17. The van der Waals surface area contributed by atoms with Crippen molar-refractivity contribution >= 4 is 10.9 Å². The number of aromatic nitrogens is 1. The maximum atomic E-state index is 4.62. The van der Waals surface area contributed by atoms with Gasteiger partial charge in [-0.05, 0) is 36.6 Å². The summed E-state index contributed by atoms with van der Waals surface area (Å²) >= 11 is 0.